The highest BCUT2D eigenvalue weighted by Gasteiger charge is 2.26. The number of hydrogen-bond acceptors (Lipinski definition) is 4. The summed E-state index contributed by atoms with van der Waals surface area (Å²) in [6.45, 7) is 0. The largest absolute Gasteiger partial charge is 0.294 e. The third-order valence-corrected chi connectivity index (χ3v) is 4.42. The number of hydrazone groups is 1. The number of nitrogens with zero attached hydrogens (tertiary/aromatic N) is 2. The molecule has 2 aromatic rings. The Morgan fingerprint density at radius 1 is 1.13 bits per heavy atom. The van der Waals surface area contributed by atoms with E-state index in [1.54, 1.807) is 6.21 Å². The molecule has 1 aliphatic heterocycles. The Kier molecular flexibility index (Phi) is 3.87. The zero-order chi connectivity index (χ0) is 16.6. The molecular weight excluding hydrogens is 326 g/mol. The average Bonchev–Trinajstić information content (AvgIpc) is 2.95. The average molecular weight is 338 g/mol. The summed E-state index contributed by atoms with van der Waals surface area (Å²) in [7, 11) is -4.27. The van der Waals surface area contributed by atoms with Gasteiger partial charge in [-0.1, -0.05) is 12.1 Å². The minimum absolute atomic E-state index is 0.129. The molecule has 120 valence electrons. The van der Waals surface area contributed by atoms with Crippen molar-refractivity contribution in [2.45, 2.75) is 17.4 Å². The van der Waals surface area contributed by atoms with E-state index in [2.05, 4.69) is 5.10 Å². The second-order valence-corrected chi connectivity index (χ2v) is 6.46. The van der Waals surface area contributed by atoms with Crippen molar-refractivity contribution < 1.29 is 21.8 Å². The molecule has 1 heterocycles. The van der Waals surface area contributed by atoms with Gasteiger partial charge in [0.05, 0.1) is 16.6 Å². The van der Waals surface area contributed by atoms with Gasteiger partial charge in [0.25, 0.3) is 10.1 Å². The molecular formula is C15H12F2N2O3S. The summed E-state index contributed by atoms with van der Waals surface area (Å²) >= 11 is 0. The first kappa shape index (κ1) is 15.6. The molecule has 0 saturated carbocycles. The van der Waals surface area contributed by atoms with Gasteiger partial charge < -0.3 is 0 Å². The lowest BCUT2D eigenvalue weighted by atomic mass is 10.0. The van der Waals surface area contributed by atoms with Crippen LogP contribution in [0.4, 0.5) is 14.5 Å². The highest BCUT2D eigenvalue weighted by atomic mass is 32.2. The zero-order valence-electron chi connectivity index (χ0n) is 11.7. The van der Waals surface area contributed by atoms with Gasteiger partial charge in [0, 0.05) is 18.7 Å². The Balaban J connectivity index is 1.93. The van der Waals surface area contributed by atoms with Crippen molar-refractivity contribution in [2.24, 2.45) is 5.10 Å². The van der Waals surface area contributed by atoms with Crippen LogP contribution in [-0.4, -0.2) is 19.2 Å². The zero-order valence-corrected chi connectivity index (χ0v) is 12.5. The summed E-state index contributed by atoms with van der Waals surface area (Å²) in [5.41, 5.74) is 0.822. The topological polar surface area (TPSA) is 70.0 Å². The lowest BCUT2D eigenvalue weighted by Gasteiger charge is -2.24. The minimum atomic E-state index is -4.27. The van der Waals surface area contributed by atoms with Crippen LogP contribution in [-0.2, 0) is 10.1 Å². The van der Waals surface area contributed by atoms with Crippen molar-refractivity contribution in [2.75, 3.05) is 5.01 Å². The van der Waals surface area contributed by atoms with E-state index >= 15 is 0 Å². The van der Waals surface area contributed by atoms with Crippen molar-refractivity contribution >= 4 is 22.0 Å². The quantitative estimate of drug-likeness (QED) is 0.873. The molecule has 0 radical (unpaired) electrons. The SMILES string of the molecule is O=S(=O)(O)c1ccc([C@@H]2CC=NN2c2ccc(F)cc2F)cc1. The second kappa shape index (κ2) is 5.71. The number of anilines is 1. The Morgan fingerprint density at radius 3 is 2.43 bits per heavy atom. The van der Waals surface area contributed by atoms with Gasteiger partial charge in [0.1, 0.15) is 5.82 Å². The molecule has 1 N–H and O–H groups in total. The smallest absolute Gasteiger partial charge is 0.282 e. The highest BCUT2D eigenvalue weighted by Crippen LogP contribution is 2.35. The van der Waals surface area contributed by atoms with Gasteiger partial charge in [-0.05, 0) is 29.8 Å². The number of halogens is 2. The second-order valence-electron chi connectivity index (χ2n) is 5.03. The molecule has 0 aromatic heterocycles. The van der Waals surface area contributed by atoms with Gasteiger partial charge in [0.15, 0.2) is 5.82 Å². The van der Waals surface area contributed by atoms with Crippen LogP contribution in [0.5, 0.6) is 0 Å². The monoisotopic (exact) mass is 338 g/mol. The van der Waals surface area contributed by atoms with Gasteiger partial charge in [-0.2, -0.15) is 13.5 Å². The van der Waals surface area contributed by atoms with E-state index in [0.717, 1.165) is 12.1 Å². The van der Waals surface area contributed by atoms with E-state index in [1.165, 1.54) is 35.3 Å². The predicted molar refractivity (Wildman–Crippen MR) is 80.9 cm³/mol. The number of rotatable bonds is 3. The van der Waals surface area contributed by atoms with Crippen molar-refractivity contribution in [3.8, 4) is 0 Å². The van der Waals surface area contributed by atoms with Gasteiger partial charge in [0.2, 0.25) is 0 Å². The minimum Gasteiger partial charge on any atom is -0.282 e. The van der Waals surface area contributed by atoms with Crippen LogP contribution in [0, 0.1) is 11.6 Å². The Hall–Kier alpha value is -2.32. The van der Waals surface area contributed by atoms with E-state index < -0.39 is 21.8 Å². The van der Waals surface area contributed by atoms with Crippen LogP contribution in [0.1, 0.15) is 18.0 Å². The first-order valence-electron chi connectivity index (χ1n) is 6.70. The van der Waals surface area contributed by atoms with E-state index in [9.17, 15) is 17.2 Å². The van der Waals surface area contributed by atoms with Crippen molar-refractivity contribution in [3.63, 3.8) is 0 Å². The van der Waals surface area contributed by atoms with Crippen LogP contribution < -0.4 is 5.01 Å². The molecule has 2 aromatic carbocycles. The Morgan fingerprint density at radius 2 is 1.83 bits per heavy atom. The summed E-state index contributed by atoms with van der Waals surface area (Å²) in [5.74, 6) is -1.41. The maximum atomic E-state index is 13.9. The molecule has 23 heavy (non-hydrogen) atoms. The van der Waals surface area contributed by atoms with E-state index in [4.69, 9.17) is 4.55 Å². The van der Waals surface area contributed by atoms with Gasteiger partial charge in [-0.3, -0.25) is 9.56 Å². The lowest BCUT2D eigenvalue weighted by molar-refractivity contribution is 0.483. The molecule has 0 amide bonds. The standard InChI is InChI=1S/C15H12F2N2O3S/c16-11-3-6-15(13(17)9-11)19-14(7-8-18-19)10-1-4-12(5-2-10)23(20,21)22/h1-6,8-9,14H,7H2,(H,20,21,22)/t14-/m0/s1. The van der Waals surface area contributed by atoms with Crippen LogP contribution in [0.3, 0.4) is 0 Å². The summed E-state index contributed by atoms with van der Waals surface area (Å²) in [4.78, 5) is -0.223. The maximum Gasteiger partial charge on any atom is 0.294 e. The van der Waals surface area contributed by atoms with Crippen molar-refractivity contribution in [3.05, 3.63) is 59.7 Å². The number of benzene rings is 2. The fourth-order valence-corrected chi connectivity index (χ4v) is 2.93. The van der Waals surface area contributed by atoms with Crippen LogP contribution in [0.25, 0.3) is 0 Å². The first-order valence-corrected chi connectivity index (χ1v) is 8.14. The van der Waals surface area contributed by atoms with E-state index in [0.29, 0.717) is 12.0 Å². The third-order valence-electron chi connectivity index (χ3n) is 3.55. The molecule has 0 spiro atoms. The summed E-state index contributed by atoms with van der Waals surface area (Å²) in [6.07, 6.45) is 2.09. The summed E-state index contributed by atoms with van der Waals surface area (Å²) < 4.78 is 58.1. The third kappa shape index (κ3) is 3.08. The molecule has 0 fully saturated rings. The predicted octanol–water partition coefficient (Wildman–Crippen LogP) is 3.15. The molecule has 0 bridgehead atoms. The van der Waals surface area contributed by atoms with Gasteiger partial charge in [-0.15, -0.1) is 0 Å². The molecule has 1 atom stereocenters. The molecule has 0 aliphatic carbocycles. The van der Waals surface area contributed by atoms with E-state index in [-0.39, 0.29) is 16.6 Å². The first-order chi connectivity index (χ1) is 10.9. The Bertz CT molecular complexity index is 867. The summed E-state index contributed by atoms with van der Waals surface area (Å²) in [5, 5.41) is 5.52. The van der Waals surface area contributed by atoms with Crippen LogP contribution >= 0.6 is 0 Å². The van der Waals surface area contributed by atoms with Crippen molar-refractivity contribution in [1.82, 2.24) is 0 Å². The van der Waals surface area contributed by atoms with Crippen LogP contribution in [0.15, 0.2) is 52.5 Å². The van der Waals surface area contributed by atoms with Crippen molar-refractivity contribution in [1.29, 1.82) is 0 Å². The molecule has 8 heteroatoms. The highest BCUT2D eigenvalue weighted by molar-refractivity contribution is 7.85. The lowest BCUT2D eigenvalue weighted by Crippen LogP contribution is -2.19. The van der Waals surface area contributed by atoms with Crippen LogP contribution in [0.2, 0.25) is 0 Å². The van der Waals surface area contributed by atoms with Gasteiger partial charge in [-0.25, -0.2) is 8.78 Å². The fourth-order valence-electron chi connectivity index (χ4n) is 2.45. The number of hydrogen-bond donors (Lipinski definition) is 1. The summed E-state index contributed by atoms with van der Waals surface area (Å²) in [6, 6.07) is 8.46. The normalized spacial score (nSPS) is 17.7. The maximum absolute atomic E-state index is 13.9. The molecule has 1 aliphatic rings. The Labute approximate surface area is 131 Å². The molecule has 0 saturated heterocycles. The van der Waals surface area contributed by atoms with E-state index in [1.807, 2.05) is 0 Å². The molecule has 3 rings (SSSR count). The fraction of sp³-hybridized carbons (Fsp3) is 0.133. The van der Waals surface area contributed by atoms with Gasteiger partial charge >= 0.3 is 0 Å². The molecule has 0 unspecified atom stereocenters. The molecule has 5 nitrogen and oxygen atoms in total.